The summed E-state index contributed by atoms with van der Waals surface area (Å²) < 4.78 is 42.9. The number of hydrogen-bond donors (Lipinski definition) is 2. The van der Waals surface area contributed by atoms with Crippen molar-refractivity contribution in [3.05, 3.63) is 35.4 Å². The van der Waals surface area contributed by atoms with Crippen LogP contribution in [0.3, 0.4) is 0 Å². The number of nitrogens with two attached hydrogens (primary N) is 2. The predicted molar refractivity (Wildman–Crippen MR) is 173 cm³/mol. The lowest BCUT2D eigenvalue weighted by atomic mass is 9.92. The molecule has 3 amide bonds. The van der Waals surface area contributed by atoms with Crippen molar-refractivity contribution < 1.29 is 52.3 Å². The van der Waals surface area contributed by atoms with Gasteiger partial charge in [0, 0.05) is 44.1 Å². The van der Waals surface area contributed by atoms with Crippen molar-refractivity contribution in [1.82, 2.24) is 9.80 Å². The van der Waals surface area contributed by atoms with E-state index >= 15 is 0 Å². The maximum Gasteiger partial charge on any atom is 0.261 e. The standard InChI is InChI=1S/C32H48N4O11/c1-40-7-9-44-15-17-46-13-11-42-5-3-35(4-6-43-12-14-47-18-16-45-10-8-41-2)29(37)23-36-31(38)27-21-25(33)19-24-20-26(34)22-28(30(24)27)32(36)39/h19-22H,3-18,23,33-34H2,1-2H3. The molecule has 1 heterocycles. The average molecular weight is 665 g/mol. The van der Waals surface area contributed by atoms with Gasteiger partial charge in [-0.05, 0) is 29.7 Å². The number of ether oxygens (including phenoxy) is 8. The first-order valence-corrected chi connectivity index (χ1v) is 15.6. The number of imide groups is 1. The largest absolute Gasteiger partial charge is 0.399 e. The maximum atomic E-state index is 13.5. The third kappa shape index (κ3) is 12.6. The van der Waals surface area contributed by atoms with E-state index in [1.807, 2.05) is 0 Å². The van der Waals surface area contributed by atoms with E-state index in [2.05, 4.69) is 0 Å². The third-order valence-electron chi connectivity index (χ3n) is 7.05. The minimum Gasteiger partial charge on any atom is -0.399 e. The normalized spacial score (nSPS) is 12.8. The molecule has 47 heavy (non-hydrogen) atoms. The van der Waals surface area contributed by atoms with Gasteiger partial charge in [-0.3, -0.25) is 19.3 Å². The highest BCUT2D eigenvalue weighted by molar-refractivity contribution is 6.27. The highest BCUT2D eigenvalue weighted by Crippen LogP contribution is 2.33. The lowest BCUT2D eigenvalue weighted by Gasteiger charge is -2.30. The zero-order valence-corrected chi connectivity index (χ0v) is 27.4. The Morgan fingerprint density at radius 2 is 0.957 bits per heavy atom. The van der Waals surface area contributed by atoms with Gasteiger partial charge in [0.1, 0.15) is 6.54 Å². The Morgan fingerprint density at radius 3 is 1.34 bits per heavy atom. The van der Waals surface area contributed by atoms with E-state index in [-0.39, 0.29) is 37.4 Å². The molecule has 0 atom stereocenters. The number of nitrogen functional groups attached to an aromatic ring is 2. The van der Waals surface area contributed by atoms with Crippen molar-refractivity contribution >= 4 is 39.9 Å². The lowest BCUT2D eigenvalue weighted by molar-refractivity contribution is -0.133. The number of carbonyl (C=O) groups excluding carboxylic acids is 3. The molecule has 0 saturated carbocycles. The van der Waals surface area contributed by atoms with E-state index in [1.54, 1.807) is 26.4 Å². The Hall–Kier alpha value is -3.41. The monoisotopic (exact) mass is 664 g/mol. The van der Waals surface area contributed by atoms with E-state index in [9.17, 15) is 14.4 Å². The van der Waals surface area contributed by atoms with Crippen molar-refractivity contribution in [2.75, 3.05) is 138 Å². The molecule has 2 aromatic rings. The number of anilines is 2. The molecular weight excluding hydrogens is 616 g/mol. The highest BCUT2D eigenvalue weighted by Gasteiger charge is 2.35. The molecule has 0 aliphatic carbocycles. The second-order valence-corrected chi connectivity index (χ2v) is 10.5. The first kappa shape index (κ1) is 38.0. The van der Waals surface area contributed by atoms with Gasteiger partial charge in [-0.15, -0.1) is 0 Å². The van der Waals surface area contributed by atoms with E-state index < -0.39 is 24.3 Å². The van der Waals surface area contributed by atoms with Gasteiger partial charge in [0.15, 0.2) is 0 Å². The summed E-state index contributed by atoms with van der Waals surface area (Å²) in [6, 6.07) is 6.34. The summed E-state index contributed by atoms with van der Waals surface area (Å²) in [5.74, 6) is -1.64. The molecule has 4 N–H and O–H groups in total. The summed E-state index contributed by atoms with van der Waals surface area (Å²) in [6.07, 6.45) is 0. The van der Waals surface area contributed by atoms with Crippen LogP contribution in [0, 0.1) is 0 Å². The quantitative estimate of drug-likeness (QED) is 0.0820. The lowest BCUT2D eigenvalue weighted by Crippen LogP contribution is -2.48. The zero-order chi connectivity index (χ0) is 33.9. The molecule has 0 saturated heterocycles. The number of hydrogen-bond acceptors (Lipinski definition) is 13. The Bertz CT molecular complexity index is 1200. The summed E-state index contributed by atoms with van der Waals surface area (Å²) in [5.41, 5.74) is 13.3. The van der Waals surface area contributed by atoms with Gasteiger partial charge in [-0.2, -0.15) is 0 Å². The number of nitrogens with zero attached hydrogens (tertiary/aromatic N) is 2. The van der Waals surface area contributed by atoms with Crippen LogP contribution in [-0.2, 0) is 42.7 Å². The first-order chi connectivity index (χ1) is 22.9. The van der Waals surface area contributed by atoms with Crippen LogP contribution in [-0.4, -0.2) is 154 Å². The van der Waals surface area contributed by atoms with E-state index in [4.69, 9.17) is 49.4 Å². The van der Waals surface area contributed by atoms with Gasteiger partial charge in [-0.1, -0.05) is 0 Å². The molecule has 15 nitrogen and oxygen atoms in total. The summed E-state index contributed by atoms with van der Waals surface area (Å²) in [6.45, 7) is 5.50. The van der Waals surface area contributed by atoms with E-state index in [0.717, 1.165) is 4.90 Å². The van der Waals surface area contributed by atoms with Gasteiger partial charge in [-0.25, -0.2) is 0 Å². The summed E-state index contributed by atoms with van der Waals surface area (Å²) in [5, 5.41) is 1.06. The van der Waals surface area contributed by atoms with Crippen LogP contribution in [0.25, 0.3) is 10.8 Å². The SMILES string of the molecule is COCCOCCOCCOCCN(CCOCCOCCOCCOC)C(=O)CN1C(=O)c2cc(N)cc3cc(N)cc(c23)C1=O. The van der Waals surface area contributed by atoms with Crippen LogP contribution >= 0.6 is 0 Å². The van der Waals surface area contributed by atoms with Crippen molar-refractivity contribution in [1.29, 1.82) is 0 Å². The summed E-state index contributed by atoms with van der Waals surface area (Å²) in [7, 11) is 3.22. The number of methoxy groups -OCH3 is 2. The Labute approximate surface area is 275 Å². The zero-order valence-electron chi connectivity index (χ0n) is 27.4. The van der Waals surface area contributed by atoms with Crippen LogP contribution in [0.2, 0.25) is 0 Å². The van der Waals surface area contributed by atoms with E-state index in [0.29, 0.717) is 101 Å². The summed E-state index contributed by atoms with van der Waals surface area (Å²) in [4.78, 5) is 42.9. The van der Waals surface area contributed by atoms with Crippen LogP contribution in [0.1, 0.15) is 20.7 Å². The van der Waals surface area contributed by atoms with Crippen molar-refractivity contribution in [2.24, 2.45) is 0 Å². The highest BCUT2D eigenvalue weighted by atomic mass is 16.6. The molecule has 262 valence electrons. The molecule has 0 fully saturated rings. The van der Waals surface area contributed by atoms with E-state index in [1.165, 1.54) is 17.0 Å². The Kier molecular flexibility index (Phi) is 17.4. The second kappa shape index (κ2) is 21.5. The van der Waals surface area contributed by atoms with Crippen molar-refractivity contribution in [3.63, 3.8) is 0 Å². The molecule has 0 spiro atoms. The molecule has 0 bridgehead atoms. The maximum absolute atomic E-state index is 13.5. The minimum absolute atomic E-state index is 0.208. The fraction of sp³-hybridized carbons (Fsp3) is 0.594. The number of carbonyl (C=O) groups is 3. The molecular formula is C32H48N4O11. The molecule has 0 radical (unpaired) electrons. The minimum atomic E-state index is -0.600. The smallest absolute Gasteiger partial charge is 0.261 e. The number of amides is 3. The first-order valence-electron chi connectivity index (χ1n) is 15.6. The fourth-order valence-electron chi connectivity index (χ4n) is 4.74. The average Bonchev–Trinajstić information content (AvgIpc) is 3.05. The third-order valence-corrected chi connectivity index (χ3v) is 7.05. The molecule has 1 aliphatic heterocycles. The van der Waals surface area contributed by atoms with Gasteiger partial charge in [0.25, 0.3) is 11.8 Å². The summed E-state index contributed by atoms with van der Waals surface area (Å²) >= 11 is 0. The molecule has 2 aromatic carbocycles. The van der Waals surface area contributed by atoms with Crippen LogP contribution in [0.5, 0.6) is 0 Å². The predicted octanol–water partition coefficient (Wildman–Crippen LogP) is 0.821. The topological polar surface area (TPSA) is 184 Å². The van der Waals surface area contributed by atoms with Crippen LogP contribution in [0.15, 0.2) is 24.3 Å². The Morgan fingerprint density at radius 1 is 0.596 bits per heavy atom. The molecule has 15 heteroatoms. The van der Waals surface area contributed by atoms with Gasteiger partial charge >= 0.3 is 0 Å². The molecule has 1 aliphatic rings. The molecule has 3 rings (SSSR count). The molecule has 0 aromatic heterocycles. The second-order valence-electron chi connectivity index (χ2n) is 10.5. The Balaban J connectivity index is 1.52. The van der Waals surface area contributed by atoms with Crippen molar-refractivity contribution in [3.8, 4) is 0 Å². The van der Waals surface area contributed by atoms with Crippen molar-refractivity contribution in [2.45, 2.75) is 0 Å². The fourth-order valence-corrected chi connectivity index (χ4v) is 4.74. The van der Waals surface area contributed by atoms with Gasteiger partial charge in [0.2, 0.25) is 5.91 Å². The number of rotatable bonds is 26. The molecule has 0 unspecified atom stereocenters. The van der Waals surface area contributed by atoms with Crippen LogP contribution < -0.4 is 11.5 Å². The van der Waals surface area contributed by atoms with Gasteiger partial charge in [0.05, 0.1) is 104 Å². The van der Waals surface area contributed by atoms with Gasteiger partial charge < -0.3 is 54.3 Å². The van der Waals surface area contributed by atoms with Crippen LogP contribution in [0.4, 0.5) is 11.4 Å². The number of benzene rings is 2.